The molecule has 0 radical (unpaired) electrons. The van der Waals surface area contributed by atoms with Gasteiger partial charge in [-0.05, 0) is 67.1 Å². The molecule has 0 atom stereocenters. The summed E-state index contributed by atoms with van der Waals surface area (Å²) in [6.45, 7) is 0. The number of benzene rings is 12. The summed E-state index contributed by atoms with van der Waals surface area (Å²) in [6.07, 6.45) is 0. The van der Waals surface area contributed by atoms with Crippen molar-refractivity contribution in [2.75, 3.05) is 0 Å². The van der Waals surface area contributed by atoms with Crippen LogP contribution in [0.1, 0.15) is 0 Å². The maximum Gasteiger partial charge on any atom is 0.164 e. The maximum absolute atomic E-state index is 7.90. The smallest absolute Gasteiger partial charge is 0.164 e. The Morgan fingerprint density at radius 2 is 0.432 bits per heavy atom. The molecule has 0 aliphatic rings. The second-order valence-corrected chi connectivity index (χ2v) is 20.1. The van der Waals surface area contributed by atoms with Crippen molar-refractivity contribution in [1.29, 1.82) is 0 Å². The van der Waals surface area contributed by atoms with Crippen LogP contribution in [0.15, 0.2) is 283 Å². The Hall–Kier alpha value is -11.0. The van der Waals surface area contributed by atoms with E-state index in [-0.39, 0.29) is 0 Å². The van der Waals surface area contributed by atoms with E-state index in [0.717, 1.165) is 121 Å². The van der Waals surface area contributed by atoms with Gasteiger partial charge in [0.25, 0.3) is 0 Å². The highest BCUT2D eigenvalue weighted by molar-refractivity contribution is 6.29. The van der Waals surface area contributed by atoms with Crippen LogP contribution in [0.4, 0.5) is 0 Å². The molecule has 81 heavy (non-hydrogen) atoms. The number of fused-ring (bicyclic) bond motifs is 1. The number of aromatic nitrogens is 6. The fraction of sp³-hybridized carbons (Fsp3) is 0. The van der Waals surface area contributed by atoms with Crippen molar-refractivity contribution in [2.24, 2.45) is 0 Å². The molecule has 0 saturated heterocycles. The minimum atomic E-state index is 0.549. The molecule has 3 heterocycles. The fourth-order valence-corrected chi connectivity index (χ4v) is 11.3. The summed E-state index contributed by atoms with van der Waals surface area (Å²) in [4.78, 5) is 31.6. The largest absolute Gasteiger partial charge is 0.455 e. The molecule has 0 spiro atoms. The molecule has 7 nitrogen and oxygen atoms in total. The summed E-state index contributed by atoms with van der Waals surface area (Å²) < 4.78 is 7.90. The number of hydrogen-bond acceptors (Lipinski definition) is 7. The first-order valence-corrected chi connectivity index (χ1v) is 27.1. The average Bonchev–Trinajstić information content (AvgIpc) is 4.01. The number of nitrogens with zero attached hydrogens (tertiary/aromatic N) is 6. The van der Waals surface area contributed by atoms with Gasteiger partial charge in [-0.15, -0.1) is 0 Å². The van der Waals surface area contributed by atoms with Crippen LogP contribution in [0.2, 0.25) is 0 Å². The Morgan fingerprint density at radius 1 is 0.185 bits per heavy atom. The van der Waals surface area contributed by atoms with E-state index < -0.39 is 0 Å². The summed E-state index contributed by atoms with van der Waals surface area (Å²) in [7, 11) is 0. The molecule has 0 aliphatic heterocycles. The zero-order valence-electron chi connectivity index (χ0n) is 43.6. The van der Waals surface area contributed by atoms with E-state index in [1.54, 1.807) is 0 Å². The van der Waals surface area contributed by atoms with E-state index in [1.807, 2.05) is 133 Å². The van der Waals surface area contributed by atoms with Crippen molar-refractivity contribution in [3.05, 3.63) is 279 Å². The molecular formula is C74H46N6O. The Morgan fingerprint density at radius 3 is 0.741 bits per heavy atom. The molecule has 0 N–H and O–H groups in total. The molecule has 0 aliphatic carbocycles. The van der Waals surface area contributed by atoms with E-state index in [1.165, 1.54) is 0 Å². The molecule has 7 heteroatoms. The molecular weight excluding hydrogens is 989 g/mol. The molecule has 0 saturated carbocycles. The van der Waals surface area contributed by atoms with Crippen LogP contribution in [0.5, 0.6) is 0 Å². The SMILES string of the molecule is c1ccc(-c2ccc(-c3cc(-c4nc(-c5ccccc5)nc(-c5ccccc5)n4)c4cccc5c6cccc7c(-c8nc(-c9ccccc9)nc(-c9ccccc9)n8)cc(-c8ccc(-c9ccccc9)cc8)c(oc3c45)c76)cc2)cc1. The summed E-state index contributed by atoms with van der Waals surface area (Å²) in [5.41, 5.74) is 14.9. The minimum Gasteiger partial charge on any atom is -0.455 e. The summed E-state index contributed by atoms with van der Waals surface area (Å²) in [5, 5.41) is 5.76. The highest BCUT2D eigenvalue weighted by Gasteiger charge is 2.25. The normalized spacial score (nSPS) is 11.5. The summed E-state index contributed by atoms with van der Waals surface area (Å²) >= 11 is 0. The van der Waals surface area contributed by atoms with Gasteiger partial charge in [0.05, 0.1) is 0 Å². The quantitative estimate of drug-likeness (QED) is 0.135. The number of hydrogen-bond donors (Lipinski definition) is 0. The zero-order valence-corrected chi connectivity index (χ0v) is 43.6. The second-order valence-electron chi connectivity index (χ2n) is 20.1. The third-order valence-electron chi connectivity index (χ3n) is 15.2. The first-order chi connectivity index (χ1) is 40.1. The standard InChI is InChI=1S/C74H46N6O/c1-7-21-47(22-8-1)49-37-41-51(42-38-49)61-45-63(73-77-69(53-25-11-3-12-26-53)75-70(78-73)54-27-13-4-14-28-54)59-35-19-33-57-58-34-20-36-60-64(74-79-71(55-29-15-5-16-30-55)76-72(80-74)56-31-17-6-18-32-56)46-62(68(66(58)60)81-67(61)65(57)59)52-43-39-50(40-44-52)48-23-9-2-10-24-48/h1-46H. The van der Waals surface area contributed by atoms with Gasteiger partial charge in [-0.2, -0.15) is 0 Å². The second kappa shape index (κ2) is 20.1. The van der Waals surface area contributed by atoms with Crippen molar-refractivity contribution < 1.29 is 4.42 Å². The predicted molar refractivity (Wildman–Crippen MR) is 330 cm³/mol. The molecule has 15 aromatic rings. The van der Waals surface area contributed by atoms with Gasteiger partial charge < -0.3 is 4.42 Å². The Kier molecular flexibility index (Phi) is 11.7. The Bertz CT molecular complexity index is 4380. The van der Waals surface area contributed by atoms with Gasteiger partial charge in [-0.25, -0.2) is 29.9 Å². The molecule has 12 aromatic carbocycles. The summed E-state index contributed by atoms with van der Waals surface area (Å²) in [6, 6.07) is 96.5. The molecule has 0 bridgehead atoms. The van der Waals surface area contributed by atoms with Crippen LogP contribution in [0.3, 0.4) is 0 Å². The highest BCUT2D eigenvalue weighted by atomic mass is 16.3. The van der Waals surface area contributed by atoms with Crippen molar-refractivity contribution in [2.45, 2.75) is 0 Å². The topological polar surface area (TPSA) is 90.5 Å². The third kappa shape index (κ3) is 8.67. The third-order valence-corrected chi connectivity index (χ3v) is 15.2. The van der Waals surface area contributed by atoms with Crippen LogP contribution < -0.4 is 0 Å². The first kappa shape index (κ1) is 47.2. The van der Waals surface area contributed by atoms with Gasteiger partial charge in [0.15, 0.2) is 34.9 Å². The lowest BCUT2D eigenvalue weighted by Gasteiger charge is -2.15. The van der Waals surface area contributed by atoms with E-state index in [0.29, 0.717) is 34.9 Å². The predicted octanol–water partition coefficient (Wildman–Crippen LogP) is 18.9. The molecule has 0 amide bonds. The Labute approximate surface area is 467 Å². The fourth-order valence-electron chi connectivity index (χ4n) is 11.3. The van der Waals surface area contributed by atoms with Gasteiger partial charge in [0.1, 0.15) is 11.2 Å². The van der Waals surface area contributed by atoms with E-state index in [2.05, 4.69) is 146 Å². The molecule has 15 rings (SSSR count). The van der Waals surface area contributed by atoms with Crippen LogP contribution >= 0.6 is 0 Å². The zero-order chi connectivity index (χ0) is 53.6. The van der Waals surface area contributed by atoms with E-state index in [4.69, 9.17) is 34.3 Å². The number of rotatable bonds is 10. The lowest BCUT2D eigenvalue weighted by molar-refractivity contribution is 0.666. The van der Waals surface area contributed by atoms with Gasteiger partial charge in [-0.3, -0.25) is 0 Å². The van der Waals surface area contributed by atoms with Gasteiger partial charge in [-0.1, -0.05) is 267 Å². The van der Waals surface area contributed by atoms with Crippen LogP contribution in [0, 0.1) is 0 Å². The average molecular weight is 1040 g/mol. The first-order valence-electron chi connectivity index (χ1n) is 27.1. The van der Waals surface area contributed by atoms with Gasteiger partial charge in [0, 0.05) is 55.3 Å². The van der Waals surface area contributed by atoms with Crippen molar-refractivity contribution in [3.63, 3.8) is 0 Å². The molecule has 0 fully saturated rings. The van der Waals surface area contributed by atoms with Crippen molar-refractivity contribution in [3.8, 4) is 113 Å². The summed E-state index contributed by atoms with van der Waals surface area (Å²) in [5.74, 6) is 3.43. The monoisotopic (exact) mass is 1030 g/mol. The van der Waals surface area contributed by atoms with Gasteiger partial charge in [0.2, 0.25) is 0 Å². The Balaban J connectivity index is 1.07. The van der Waals surface area contributed by atoms with Crippen LogP contribution in [-0.4, -0.2) is 29.9 Å². The van der Waals surface area contributed by atoms with Crippen LogP contribution in [-0.2, 0) is 0 Å². The van der Waals surface area contributed by atoms with Crippen molar-refractivity contribution in [1.82, 2.24) is 29.9 Å². The molecule has 0 unspecified atom stereocenters. The lowest BCUT2D eigenvalue weighted by Crippen LogP contribution is -2.01. The highest BCUT2D eigenvalue weighted by Crippen LogP contribution is 2.48. The van der Waals surface area contributed by atoms with E-state index in [9.17, 15) is 0 Å². The van der Waals surface area contributed by atoms with Crippen LogP contribution in [0.25, 0.3) is 156 Å². The maximum atomic E-state index is 7.90. The lowest BCUT2D eigenvalue weighted by atomic mass is 9.90. The minimum absolute atomic E-state index is 0.549. The molecule has 3 aromatic heterocycles. The molecule has 378 valence electrons. The van der Waals surface area contributed by atoms with Crippen molar-refractivity contribution >= 4 is 43.5 Å². The van der Waals surface area contributed by atoms with E-state index >= 15 is 0 Å². The van der Waals surface area contributed by atoms with Gasteiger partial charge >= 0.3 is 0 Å².